The quantitative estimate of drug-likeness (QED) is 0.797. The molecule has 1 aromatic carbocycles. The number of carbonyl (C=O) groups excluding carboxylic acids is 1. The standard InChI is InChI=1S/C16H19NO3S/c1-12(10-19-2)17-16(18)15-13(8-9-20-15)11-21-14-6-4-3-5-7-14/h3-9,12H,10-11H2,1-2H3,(H,17,18). The highest BCUT2D eigenvalue weighted by Crippen LogP contribution is 2.24. The van der Waals surface area contributed by atoms with Gasteiger partial charge < -0.3 is 14.5 Å². The Bertz CT molecular complexity index is 568. The largest absolute Gasteiger partial charge is 0.459 e. The van der Waals surface area contributed by atoms with Crippen LogP contribution < -0.4 is 5.32 Å². The van der Waals surface area contributed by atoms with E-state index in [0.717, 1.165) is 10.5 Å². The Hall–Kier alpha value is -1.72. The highest BCUT2D eigenvalue weighted by molar-refractivity contribution is 7.98. The van der Waals surface area contributed by atoms with E-state index in [1.54, 1.807) is 25.1 Å². The molecule has 2 aromatic rings. The minimum Gasteiger partial charge on any atom is -0.459 e. The topological polar surface area (TPSA) is 51.5 Å². The minimum atomic E-state index is -0.201. The van der Waals surface area contributed by atoms with Gasteiger partial charge in [0.05, 0.1) is 12.9 Å². The number of nitrogens with one attached hydrogen (secondary N) is 1. The Labute approximate surface area is 128 Å². The van der Waals surface area contributed by atoms with Crippen molar-refractivity contribution >= 4 is 17.7 Å². The van der Waals surface area contributed by atoms with Gasteiger partial charge in [0.1, 0.15) is 0 Å². The van der Waals surface area contributed by atoms with Gasteiger partial charge in [0.2, 0.25) is 0 Å². The number of hydrogen-bond donors (Lipinski definition) is 1. The number of furan rings is 1. The summed E-state index contributed by atoms with van der Waals surface area (Å²) < 4.78 is 10.3. The zero-order valence-electron chi connectivity index (χ0n) is 12.2. The second kappa shape index (κ2) is 7.90. The van der Waals surface area contributed by atoms with Gasteiger partial charge in [-0.15, -0.1) is 11.8 Å². The Kier molecular flexibility index (Phi) is 5.90. The Morgan fingerprint density at radius 1 is 1.33 bits per heavy atom. The van der Waals surface area contributed by atoms with Crippen LogP contribution in [0.5, 0.6) is 0 Å². The molecule has 0 bridgehead atoms. The molecular weight excluding hydrogens is 286 g/mol. The van der Waals surface area contributed by atoms with Crippen molar-refractivity contribution in [1.82, 2.24) is 5.32 Å². The van der Waals surface area contributed by atoms with Crippen molar-refractivity contribution in [3.05, 3.63) is 54.0 Å². The van der Waals surface area contributed by atoms with E-state index in [1.165, 1.54) is 0 Å². The van der Waals surface area contributed by atoms with Gasteiger partial charge in [0.15, 0.2) is 5.76 Å². The number of thioether (sulfide) groups is 1. The average Bonchev–Trinajstić information content (AvgIpc) is 2.95. The first-order valence-corrected chi connectivity index (χ1v) is 7.73. The summed E-state index contributed by atoms with van der Waals surface area (Å²) in [5.41, 5.74) is 0.894. The van der Waals surface area contributed by atoms with E-state index >= 15 is 0 Å². The average molecular weight is 305 g/mol. The van der Waals surface area contributed by atoms with E-state index in [9.17, 15) is 4.79 Å². The molecule has 4 nitrogen and oxygen atoms in total. The smallest absolute Gasteiger partial charge is 0.287 e. The van der Waals surface area contributed by atoms with Crippen LogP contribution in [-0.4, -0.2) is 25.7 Å². The van der Waals surface area contributed by atoms with Gasteiger partial charge in [-0.1, -0.05) is 18.2 Å². The second-order valence-electron chi connectivity index (χ2n) is 4.71. The fraction of sp³-hybridized carbons (Fsp3) is 0.312. The normalized spacial score (nSPS) is 12.1. The zero-order chi connectivity index (χ0) is 15.1. The lowest BCUT2D eigenvalue weighted by Gasteiger charge is -2.12. The van der Waals surface area contributed by atoms with Gasteiger partial charge in [-0.25, -0.2) is 0 Å². The first-order chi connectivity index (χ1) is 10.2. The van der Waals surface area contributed by atoms with Crippen LogP contribution in [0.1, 0.15) is 23.0 Å². The predicted octanol–water partition coefficient (Wildman–Crippen LogP) is 3.34. The second-order valence-corrected chi connectivity index (χ2v) is 5.76. The molecule has 112 valence electrons. The Balaban J connectivity index is 1.96. The number of rotatable bonds is 7. The van der Waals surface area contributed by atoms with Crippen LogP contribution in [0.4, 0.5) is 0 Å². The monoisotopic (exact) mass is 305 g/mol. The maximum Gasteiger partial charge on any atom is 0.287 e. The molecule has 0 radical (unpaired) electrons. The zero-order valence-corrected chi connectivity index (χ0v) is 13.0. The van der Waals surface area contributed by atoms with Gasteiger partial charge in [0, 0.05) is 29.4 Å². The molecule has 1 heterocycles. The summed E-state index contributed by atoms with van der Waals surface area (Å²) in [5.74, 6) is 0.872. The molecule has 0 spiro atoms. The Morgan fingerprint density at radius 2 is 2.10 bits per heavy atom. The molecule has 0 aliphatic rings. The molecule has 0 saturated heterocycles. The van der Waals surface area contributed by atoms with Gasteiger partial charge in [-0.05, 0) is 25.1 Å². The Morgan fingerprint density at radius 3 is 2.81 bits per heavy atom. The molecule has 1 N–H and O–H groups in total. The molecular formula is C16H19NO3S. The van der Waals surface area contributed by atoms with Crippen LogP contribution in [0.15, 0.2) is 52.0 Å². The van der Waals surface area contributed by atoms with Gasteiger partial charge in [0.25, 0.3) is 5.91 Å². The highest BCUT2D eigenvalue weighted by atomic mass is 32.2. The van der Waals surface area contributed by atoms with Crippen molar-refractivity contribution < 1.29 is 13.9 Å². The first kappa shape index (κ1) is 15.7. The van der Waals surface area contributed by atoms with Crippen molar-refractivity contribution in [3.63, 3.8) is 0 Å². The molecule has 0 saturated carbocycles. The van der Waals surface area contributed by atoms with E-state index < -0.39 is 0 Å². The third kappa shape index (κ3) is 4.65. The molecule has 0 fully saturated rings. The van der Waals surface area contributed by atoms with E-state index in [4.69, 9.17) is 9.15 Å². The van der Waals surface area contributed by atoms with Crippen molar-refractivity contribution in [2.24, 2.45) is 0 Å². The van der Waals surface area contributed by atoms with Crippen LogP contribution in [0.3, 0.4) is 0 Å². The fourth-order valence-electron chi connectivity index (χ4n) is 1.91. The first-order valence-electron chi connectivity index (χ1n) is 6.74. The van der Waals surface area contributed by atoms with Crippen LogP contribution in [-0.2, 0) is 10.5 Å². The van der Waals surface area contributed by atoms with Crippen LogP contribution in [0.2, 0.25) is 0 Å². The molecule has 0 aliphatic heterocycles. The van der Waals surface area contributed by atoms with Crippen molar-refractivity contribution in [3.8, 4) is 0 Å². The molecule has 1 atom stereocenters. The lowest BCUT2D eigenvalue weighted by molar-refractivity contribution is 0.0877. The molecule has 2 rings (SSSR count). The molecule has 5 heteroatoms. The number of carbonyl (C=O) groups is 1. The van der Waals surface area contributed by atoms with Crippen LogP contribution >= 0.6 is 11.8 Å². The van der Waals surface area contributed by atoms with E-state index in [0.29, 0.717) is 18.1 Å². The number of methoxy groups -OCH3 is 1. The molecule has 1 unspecified atom stereocenters. The minimum absolute atomic E-state index is 0.0535. The lowest BCUT2D eigenvalue weighted by atomic mass is 10.2. The summed E-state index contributed by atoms with van der Waals surface area (Å²) in [4.78, 5) is 13.3. The van der Waals surface area contributed by atoms with Gasteiger partial charge in [-0.2, -0.15) is 0 Å². The SMILES string of the molecule is COCC(C)NC(=O)c1occc1CSc1ccccc1. The summed E-state index contributed by atoms with van der Waals surface area (Å²) in [6.45, 7) is 2.36. The number of benzene rings is 1. The van der Waals surface area contributed by atoms with E-state index in [2.05, 4.69) is 5.32 Å². The van der Waals surface area contributed by atoms with E-state index in [-0.39, 0.29) is 11.9 Å². The van der Waals surface area contributed by atoms with Crippen LogP contribution in [0.25, 0.3) is 0 Å². The molecule has 21 heavy (non-hydrogen) atoms. The van der Waals surface area contributed by atoms with Gasteiger partial charge in [-0.3, -0.25) is 4.79 Å². The lowest BCUT2D eigenvalue weighted by Crippen LogP contribution is -2.35. The highest BCUT2D eigenvalue weighted by Gasteiger charge is 2.17. The summed E-state index contributed by atoms with van der Waals surface area (Å²) in [5, 5.41) is 2.85. The maximum absolute atomic E-state index is 12.2. The van der Waals surface area contributed by atoms with E-state index in [1.807, 2.05) is 43.3 Å². The summed E-state index contributed by atoms with van der Waals surface area (Å²) in [6, 6.07) is 11.9. The summed E-state index contributed by atoms with van der Waals surface area (Å²) >= 11 is 1.67. The molecule has 0 aliphatic carbocycles. The molecule has 1 aromatic heterocycles. The van der Waals surface area contributed by atoms with Crippen molar-refractivity contribution in [2.45, 2.75) is 23.6 Å². The number of hydrogen-bond acceptors (Lipinski definition) is 4. The summed E-state index contributed by atoms with van der Waals surface area (Å²) in [7, 11) is 1.61. The third-order valence-corrected chi connectivity index (χ3v) is 3.95. The number of ether oxygens (including phenoxy) is 1. The van der Waals surface area contributed by atoms with Crippen LogP contribution in [0, 0.1) is 0 Å². The van der Waals surface area contributed by atoms with Crippen molar-refractivity contribution in [2.75, 3.05) is 13.7 Å². The molecule has 1 amide bonds. The predicted molar refractivity (Wildman–Crippen MR) is 83.5 cm³/mol. The maximum atomic E-state index is 12.2. The summed E-state index contributed by atoms with van der Waals surface area (Å²) in [6.07, 6.45) is 1.55. The third-order valence-electron chi connectivity index (χ3n) is 2.88. The van der Waals surface area contributed by atoms with Gasteiger partial charge >= 0.3 is 0 Å². The fourth-order valence-corrected chi connectivity index (χ4v) is 2.81. The number of amides is 1. The van der Waals surface area contributed by atoms with Crippen molar-refractivity contribution in [1.29, 1.82) is 0 Å².